The molecule has 0 bridgehead atoms. The van der Waals surface area contributed by atoms with Crippen molar-refractivity contribution < 1.29 is 31.6 Å². The van der Waals surface area contributed by atoms with Gasteiger partial charge < -0.3 is 4.74 Å². The molecule has 0 aliphatic carbocycles. The summed E-state index contributed by atoms with van der Waals surface area (Å²) in [6, 6.07) is 6.99. The minimum Gasteiger partial charge on any atom is -0.434 e. The van der Waals surface area contributed by atoms with E-state index in [2.05, 4.69) is 15.3 Å². The highest BCUT2D eigenvalue weighted by molar-refractivity contribution is 5.85. The lowest BCUT2D eigenvalue weighted by Gasteiger charge is -2.09. The van der Waals surface area contributed by atoms with Crippen molar-refractivity contribution in [3.63, 3.8) is 0 Å². The van der Waals surface area contributed by atoms with Gasteiger partial charge in [0.25, 0.3) is 5.69 Å². The van der Waals surface area contributed by atoms with Crippen LogP contribution in [-0.4, -0.2) is 17.7 Å². The maximum absolute atomic E-state index is 12.6. The molecule has 1 N–H and O–H groups in total. The Morgan fingerprint density at radius 3 is 2.54 bits per heavy atom. The SMILES string of the molecule is O=[N+]([O-])c1ccc(OC(F)F)c(/C=N/Nc2cccc(C(F)(F)F)c2)c1. The molecule has 0 aromatic heterocycles. The molecule has 0 saturated carbocycles. The van der Waals surface area contributed by atoms with Crippen LogP contribution in [0.4, 0.5) is 33.3 Å². The summed E-state index contributed by atoms with van der Waals surface area (Å²) in [5.41, 5.74) is 0.818. The number of non-ortho nitro benzene ring substituents is 1. The summed E-state index contributed by atoms with van der Waals surface area (Å²) in [6.45, 7) is -3.17. The van der Waals surface area contributed by atoms with Gasteiger partial charge in [0.1, 0.15) is 5.75 Å². The first kappa shape index (κ1) is 19.1. The summed E-state index contributed by atoms with van der Waals surface area (Å²) in [7, 11) is 0. The standard InChI is InChI=1S/C15H10F5N3O3/c16-14(17)26-13-5-4-12(23(24)25)6-9(13)8-21-22-11-3-1-2-10(7-11)15(18,19)20/h1-8,14,22H/b21-8+. The first-order valence-electron chi connectivity index (χ1n) is 6.86. The molecule has 0 unspecified atom stereocenters. The molecule has 0 saturated heterocycles. The largest absolute Gasteiger partial charge is 0.434 e. The summed E-state index contributed by atoms with van der Waals surface area (Å²) in [5, 5.41) is 14.4. The number of hydrazone groups is 1. The van der Waals surface area contributed by atoms with Crippen molar-refractivity contribution in [2.45, 2.75) is 12.8 Å². The lowest BCUT2D eigenvalue weighted by Crippen LogP contribution is -2.06. The average molecular weight is 375 g/mol. The number of hydrogen-bond donors (Lipinski definition) is 1. The third-order valence-electron chi connectivity index (χ3n) is 3.01. The normalized spacial score (nSPS) is 11.8. The van der Waals surface area contributed by atoms with E-state index in [1.165, 1.54) is 6.07 Å². The molecule has 0 atom stereocenters. The van der Waals surface area contributed by atoms with Crippen LogP contribution >= 0.6 is 0 Å². The van der Waals surface area contributed by atoms with Crippen LogP contribution in [0, 0.1) is 10.1 Å². The highest BCUT2D eigenvalue weighted by Crippen LogP contribution is 2.30. The van der Waals surface area contributed by atoms with Crippen molar-refractivity contribution in [3.8, 4) is 5.75 Å². The van der Waals surface area contributed by atoms with E-state index in [9.17, 15) is 32.1 Å². The van der Waals surface area contributed by atoms with Gasteiger partial charge in [-0.3, -0.25) is 15.5 Å². The molecule has 0 heterocycles. The summed E-state index contributed by atoms with van der Waals surface area (Å²) in [6.07, 6.45) is -3.62. The minimum absolute atomic E-state index is 0.0159. The van der Waals surface area contributed by atoms with Crippen LogP contribution in [0.1, 0.15) is 11.1 Å². The Labute approximate surface area is 143 Å². The van der Waals surface area contributed by atoms with Gasteiger partial charge in [0.05, 0.1) is 22.4 Å². The van der Waals surface area contributed by atoms with Crippen molar-refractivity contribution in [1.29, 1.82) is 0 Å². The van der Waals surface area contributed by atoms with E-state index in [1.807, 2.05) is 0 Å². The molecule has 0 amide bonds. The average Bonchev–Trinajstić information content (AvgIpc) is 2.55. The topological polar surface area (TPSA) is 76.8 Å². The summed E-state index contributed by atoms with van der Waals surface area (Å²) in [5.74, 6) is -0.375. The van der Waals surface area contributed by atoms with Crippen LogP contribution in [0.25, 0.3) is 0 Å². The minimum atomic E-state index is -4.54. The zero-order valence-electron chi connectivity index (χ0n) is 12.7. The Balaban J connectivity index is 2.24. The number of nitrogens with zero attached hydrogens (tertiary/aromatic N) is 2. The van der Waals surface area contributed by atoms with Crippen LogP contribution in [0.3, 0.4) is 0 Å². The number of halogens is 5. The summed E-state index contributed by atoms with van der Waals surface area (Å²) >= 11 is 0. The van der Waals surface area contributed by atoms with E-state index in [4.69, 9.17) is 0 Å². The fraction of sp³-hybridized carbons (Fsp3) is 0.133. The van der Waals surface area contributed by atoms with Gasteiger partial charge in [-0.05, 0) is 24.3 Å². The fourth-order valence-electron chi connectivity index (χ4n) is 1.90. The van der Waals surface area contributed by atoms with E-state index in [0.29, 0.717) is 0 Å². The van der Waals surface area contributed by atoms with Gasteiger partial charge in [0.15, 0.2) is 0 Å². The Hall–Kier alpha value is -3.24. The first-order chi connectivity index (χ1) is 12.2. The number of alkyl halides is 5. The second-order valence-corrected chi connectivity index (χ2v) is 4.81. The second-order valence-electron chi connectivity index (χ2n) is 4.81. The fourth-order valence-corrected chi connectivity index (χ4v) is 1.90. The first-order valence-corrected chi connectivity index (χ1v) is 6.86. The van der Waals surface area contributed by atoms with E-state index in [0.717, 1.165) is 42.6 Å². The molecule has 2 rings (SSSR count). The number of anilines is 1. The maximum Gasteiger partial charge on any atom is 0.416 e. The van der Waals surface area contributed by atoms with Gasteiger partial charge in [0.2, 0.25) is 0 Å². The summed E-state index contributed by atoms with van der Waals surface area (Å²) < 4.78 is 66.9. The van der Waals surface area contributed by atoms with Crippen LogP contribution in [0.15, 0.2) is 47.6 Å². The van der Waals surface area contributed by atoms with Gasteiger partial charge >= 0.3 is 12.8 Å². The van der Waals surface area contributed by atoms with Crippen LogP contribution < -0.4 is 10.2 Å². The van der Waals surface area contributed by atoms with Crippen molar-refractivity contribution in [3.05, 3.63) is 63.7 Å². The number of nitro benzene ring substituents is 1. The van der Waals surface area contributed by atoms with Gasteiger partial charge in [0, 0.05) is 17.7 Å². The molecule has 2 aromatic carbocycles. The lowest BCUT2D eigenvalue weighted by atomic mass is 10.2. The van der Waals surface area contributed by atoms with E-state index < -0.39 is 29.0 Å². The molecular formula is C15H10F5N3O3. The van der Waals surface area contributed by atoms with Gasteiger partial charge in [-0.15, -0.1) is 0 Å². The van der Waals surface area contributed by atoms with Crippen LogP contribution in [-0.2, 0) is 6.18 Å². The monoisotopic (exact) mass is 375 g/mol. The number of ether oxygens (including phenoxy) is 1. The van der Waals surface area contributed by atoms with Crippen molar-refractivity contribution in [1.82, 2.24) is 0 Å². The van der Waals surface area contributed by atoms with E-state index >= 15 is 0 Å². The number of nitro groups is 1. The molecule has 0 aliphatic heterocycles. The Kier molecular flexibility index (Phi) is 5.70. The molecule has 26 heavy (non-hydrogen) atoms. The molecule has 2 aromatic rings. The third kappa shape index (κ3) is 5.13. The molecule has 6 nitrogen and oxygen atoms in total. The second kappa shape index (κ2) is 7.76. The summed E-state index contributed by atoms with van der Waals surface area (Å²) in [4.78, 5) is 10.0. The maximum atomic E-state index is 12.6. The predicted octanol–water partition coefficient (Wildman–Crippen LogP) is 4.66. The van der Waals surface area contributed by atoms with Gasteiger partial charge in [-0.25, -0.2) is 0 Å². The lowest BCUT2D eigenvalue weighted by molar-refractivity contribution is -0.384. The van der Waals surface area contributed by atoms with Gasteiger partial charge in [-0.2, -0.15) is 27.1 Å². The zero-order valence-corrected chi connectivity index (χ0v) is 12.7. The van der Waals surface area contributed by atoms with E-state index in [1.54, 1.807) is 0 Å². The smallest absolute Gasteiger partial charge is 0.416 e. The van der Waals surface area contributed by atoms with Crippen molar-refractivity contribution in [2.75, 3.05) is 5.43 Å². The van der Waals surface area contributed by atoms with Crippen LogP contribution in [0.5, 0.6) is 5.75 Å². The number of hydrogen-bond acceptors (Lipinski definition) is 5. The molecule has 138 valence electrons. The Morgan fingerprint density at radius 1 is 1.19 bits per heavy atom. The zero-order chi connectivity index (χ0) is 19.3. The molecular weight excluding hydrogens is 365 g/mol. The molecule has 0 aliphatic rings. The highest BCUT2D eigenvalue weighted by Gasteiger charge is 2.30. The molecule has 0 spiro atoms. The van der Waals surface area contributed by atoms with Gasteiger partial charge in [-0.1, -0.05) is 6.07 Å². The third-order valence-corrected chi connectivity index (χ3v) is 3.01. The van der Waals surface area contributed by atoms with Crippen molar-refractivity contribution in [2.24, 2.45) is 5.10 Å². The predicted molar refractivity (Wildman–Crippen MR) is 82.4 cm³/mol. The molecule has 0 fully saturated rings. The Bertz CT molecular complexity index is 824. The number of rotatable bonds is 6. The quantitative estimate of drug-likeness (QED) is 0.345. The Morgan fingerprint density at radius 2 is 1.92 bits per heavy atom. The molecule has 11 heteroatoms. The number of benzene rings is 2. The number of nitrogens with one attached hydrogen (secondary N) is 1. The van der Waals surface area contributed by atoms with E-state index in [-0.39, 0.29) is 17.0 Å². The van der Waals surface area contributed by atoms with Crippen LogP contribution in [0.2, 0.25) is 0 Å². The molecule has 0 radical (unpaired) electrons. The highest BCUT2D eigenvalue weighted by atomic mass is 19.4. The van der Waals surface area contributed by atoms with Crippen molar-refractivity contribution >= 4 is 17.6 Å².